The van der Waals surface area contributed by atoms with E-state index in [2.05, 4.69) is 72.7 Å². The molecular weight excluding hydrogens is 597 g/mol. The van der Waals surface area contributed by atoms with E-state index in [9.17, 15) is 4.79 Å². The van der Waals surface area contributed by atoms with Crippen molar-refractivity contribution in [1.29, 1.82) is 0 Å². The summed E-state index contributed by atoms with van der Waals surface area (Å²) in [6.45, 7) is 5.23. The van der Waals surface area contributed by atoms with Gasteiger partial charge in [-0.2, -0.15) is 0 Å². The Hall–Kier alpha value is 0.510. The number of ether oxygens (including phenoxy) is 1. The van der Waals surface area contributed by atoms with Crippen LogP contribution in [0.3, 0.4) is 0 Å². The van der Waals surface area contributed by atoms with E-state index in [-0.39, 0.29) is 0 Å². The van der Waals surface area contributed by atoms with E-state index < -0.39 is 0 Å². The van der Waals surface area contributed by atoms with Gasteiger partial charge in [0.05, 0.1) is 22.5 Å². The average molecular weight is 610 g/mol. The second-order valence-electron chi connectivity index (χ2n) is 4.29. The Kier molecular flexibility index (Phi) is 6.48. The maximum Gasteiger partial charge on any atom is 0.152 e. The van der Waals surface area contributed by atoms with E-state index >= 15 is 0 Å². The molecule has 1 aromatic rings. The molecule has 1 fully saturated rings. The molecule has 1 heterocycles. The Morgan fingerprint density at radius 2 is 1.95 bits per heavy atom. The van der Waals surface area contributed by atoms with Gasteiger partial charge < -0.3 is 9.64 Å². The van der Waals surface area contributed by atoms with Crippen LogP contribution in [0.2, 0.25) is 0 Å². The van der Waals surface area contributed by atoms with E-state index in [0.717, 1.165) is 60.4 Å². The zero-order chi connectivity index (χ0) is 14.7. The molecule has 0 aliphatic carbocycles. The fourth-order valence-corrected chi connectivity index (χ4v) is 5.79. The molecule has 1 aliphatic rings. The van der Waals surface area contributed by atoms with Gasteiger partial charge in [-0.3, -0.25) is 4.79 Å². The van der Waals surface area contributed by atoms with Crippen LogP contribution >= 0.6 is 67.8 Å². The minimum absolute atomic E-state index is 0.722. The van der Waals surface area contributed by atoms with Crippen LogP contribution in [0.5, 0.6) is 0 Å². The molecule has 0 amide bonds. The van der Waals surface area contributed by atoms with Gasteiger partial charge in [0, 0.05) is 25.8 Å². The maximum atomic E-state index is 11.2. The van der Waals surface area contributed by atoms with Crippen LogP contribution in [-0.4, -0.2) is 43.3 Å². The summed E-state index contributed by atoms with van der Waals surface area (Å²) in [5.74, 6) is 0.974. The van der Waals surface area contributed by atoms with E-state index in [0.29, 0.717) is 0 Å². The fraction of sp³-hybridized carbons (Fsp3) is 0.385. The minimum atomic E-state index is 0.722. The predicted octanol–water partition coefficient (Wildman–Crippen LogP) is 3.70. The summed E-state index contributed by atoms with van der Waals surface area (Å²) in [7, 11) is 0. The summed E-state index contributed by atoms with van der Waals surface area (Å²) < 4.78 is 8.30. The number of morpholine rings is 1. The van der Waals surface area contributed by atoms with Gasteiger partial charge >= 0.3 is 0 Å². The van der Waals surface area contributed by atoms with E-state index in [4.69, 9.17) is 9.73 Å². The van der Waals surface area contributed by atoms with Crippen molar-refractivity contribution in [2.45, 2.75) is 6.92 Å². The van der Waals surface area contributed by atoms with E-state index in [1.54, 1.807) is 0 Å². The lowest BCUT2D eigenvalue weighted by Gasteiger charge is -2.28. The molecule has 108 valence electrons. The van der Waals surface area contributed by atoms with Crippen molar-refractivity contribution in [1.82, 2.24) is 4.90 Å². The monoisotopic (exact) mass is 610 g/mol. The lowest BCUT2D eigenvalue weighted by atomic mass is 10.2. The van der Waals surface area contributed by atoms with Crippen LogP contribution in [-0.2, 0) is 4.74 Å². The van der Waals surface area contributed by atoms with E-state index in [1.165, 1.54) is 0 Å². The summed E-state index contributed by atoms with van der Waals surface area (Å²) in [6.07, 6.45) is 0.905. The highest BCUT2D eigenvalue weighted by Gasteiger charge is 2.16. The highest BCUT2D eigenvalue weighted by Crippen LogP contribution is 2.33. The fourth-order valence-electron chi connectivity index (χ4n) is 1.92. The molecule has 1 saturated heterocycles. The predicted molar refractivity (Wildman–Crippen MR) is 105 cm³/mol. The van der Waals surface area contributed by atoms with Gasteiger partial charge in [0.25, 0.3) is 0 Å². The molecule has 1 aromatic carbocycles. The number of carbonyl (C=O) groups is 1. The molecule has 4 nitrogen and oxygen atoms in total. The first-order valence-electron chi connectivity index (χ1n) is 6.05. The normalized spacial score (nSPS) is 16.4. The third kappa shape index (κ3) is 3.83. The van der Waals surface area contributed by atoms with Crippen LogP contribution in [0, 0.1) is 10.7 Å². The number of benzene rings is 1. The number of rotatable bonds is 2. The van der Waals surface area contributed by atoms with Gasteiger partial charge in [0.1, 0.15) is 5.84 Å². The van der Waals surface area contributed by atoms with Crippen molar-refractivity contribution in [3.05, 3.63) is 22.3 Å². The summed E-state index contributed by atoms with van der Waals surface area (Å²) in [5, 5.41) is 0. The Morgan fingerprint density at radius 1 is 1.30 bits per heavy atom. The third-order valence-electron chi connectivity index (χ3n) is 3.04. The van der Waals surface area contributed by atoms with Gasteiger partial charge in [-0.15, -0.1) is 0 Å². The second-order valence-corrected chi connectivity index (χ2v) is 7.70. The summed E-state index contributed by atoms with van der Waals surface area (Å²) >= 11 is 6.67. The van der Waals surface area contributed by atoms with Crippen LogP contribution in [0.4, 0.5) is 5.69 Å². The number of hydrogen-bond donors (Lipinski definition) is 0. The zero-order valence-electron chi connectivity index (χ0n) is 10.8. The third-order valence-corrected chi connectivity index (χ3v) is 5.85. The van der Waals surface area contributed by atoms with Gasteiger partial charge in [-0.05, 0) is 80.8 Å². The maximum absolute atomic E-state index is 11.2. The highest BCUT2D eigenvalue weighted by molar-refractivity contribution is 14.1. The molecule has 2 rings (SSSR count). The number of carbonyl (C=O) groups excluding carboxylic acids is 1. The zero-order valence-corrected chi connectivity index (χ0v) is 17.3. The Balaban J connectivity index is 2.39. The van der Waals surface area contributed by atoms with Gasteiger partial charge in [0.15, 0.2) is 6.29 Å². The largest absolute Gasteiger partial charge is 0.378 e. The molecule has 0 unspecified atom stereocenters. The molecule has 0 spiro atoms. The Labute approximate surface area is 159 Å². The molecule has 0 N–H and O–H groups in total. The number of nitrogens with zero attached hydrogens (tertiary/aromatic N) is 2. The van der Waals surface area contributed by atoms with Crippen LogP contribution in [0.25, 0.3) is 0 Å². The first kappa shape index (κ1) is 16.9. The van der Waals surface area contributed by atoms with Crippen molar-refractivity contribution in [2.75, 3.05) is 26.3 Å². The summed E-state index contributed by atoms with van der Waals surface area (Å²) in [6, 6.07) is 2.00. The van der Waals surface area contributed by atoms with Crippen LogP contribution in [0.15, 0.2) is 11.1 Å². The number of hydrogen-bond acceptors (Lipinski definition) is 3. The summed E-state index contributed by atoms with van der Waals surface area (Å²) in [4.78, 5) is 18.2. The topological polar surface area (TPSA) is 41.9 Å². The quantitative estimate of drug-likeness (QED) is 0.222. The molecular formula is C13H13I3N2O2. The lowest BCUT2D eigenvalue weighted by molar-refractivity contribution is 0.0678. The van der Waals surface area contributed by atoms with Crippen molar-refractivity contribution in [3.63, 3.8) is 0 Å². The highest BCUT2D eigenvalue weighted by atomic mass is 127. The number of aldehydes is 1. The van der Waals surface area contributed by atoms with E-state index in [1.807, 2.05) is 13.0 Å². The number of aliphatic imine (C=N–C) groups is 1. The van der Waals surface area contributed by atoms with Crippen molar-refractivity contribution >= 4 is 85.6 Å². The molecule has 1 aliphatic heterocycles. The Bertz CT molecular complexity index is 555. The van der Waals surface area contributed by atoms with Crippen molar-refractivity contribution in [2.24, 2.45) is 4.99 Å². The smallest absolute Gasteiger partial charge is 0.152 e. The molecule has 7 heteroatoms. The van der Waals surface area contributed by atoms with Gasteiger partial charge in [-0.1, -0.05) is 0 Å². The summed E-state index contributed by atoms with van der Waals surface area (Å²) in [5.41, 5.74) is 1.61. The Morgan fingerprint density at radius 3 is 2.55 bits per heavy atom. The SMILES string of the molecule is CC(=Nc1c(I)cc(I)c(C=O)c1I)N1CCOCC1. The molecule has 20 heavy (non-hydrogen) atoms. The molecule has 0 bridgehead atoms. The lowest BCUT2D eigenvalue weighted by Crippen LogP contribution is -2.39. The number of halogens is 3. The molecule has 0 aromatic heterocycles. The van der Waals surface area contributed by atoms with Crippen LogP contribution < -0.4 is 0 Å². The van der Waals surface area contributed by atoms with Crippen molar-refractivity contribution in [3.8, 4) is 0 Å². The average Bonchev–Trinajstić information content (AvgIpc) is 2.44. The van der Waals surface area contributed by atoms with Crippen molar-refractivity contribution < 1.29 is 9.53 Å². The molecule has 0 saturated carbocycles. The van der Waals surface area contributed by atoms with Crippen LogP contribution in [0.1, 0.15) is 17.3 Å². The molecule has 0 atom stereocenters. The second kappa shape index (κ2) is 7.68. The minimum Gasteiger partial charge on any atom is -0.378 e. The van der Waals surface area contributed by atoms with Gasteiger partial charge in [-0.25, -0.2) is 4.99 Å². The number of amidine groups is 1. The first-order valence-corrected chi connectivity index (χ1v) is 9.29. The first-order chi connectivity index (χ1) is 9.54. The standard InChI is InChI=1S/C13H13I3N2O2/c1-8(18-2-4-20-5-3-18)17-13-11(15)6-10(14)9(7-19)12(13)16/h6-7H,2-5H2,1H3. The van der Waals surface area contributed by atoms with Gasteiger partial charge in [0.2, 0.25) is 0 Å². The molecule has 0 radical (unpaired) electrons.